The van der Waals surface area contributed by atoms with Gasteiger partial charge in [-0.15, -0.1) is 0 Å². The van der Waals surface area contributed by atoms with Gasteiger partial charge in [0.2, 0.25) is 5.88 Å². The van der Waals surface area contributed by atoms with Gasteiger partial charge < -0.3 is 10.2 Å². The minimum atomic E-state index is -1.09. The van der Waals surface area contributed by atoms with Gasteiger partial charge in [0.1, 0.15) is 11.0 Å². The van der Waals surface area contributed by atoms with E-state index in [-0.39, 0.29) is 23.4 Å². The molecule has 0 unspecified atom stereocenters. The Balaban J connectivity index is 1.76. The summed E-state index contributed by atoms with van der Waals surface area (Å²) in [6.45, 7) is 6.71. The molecule has 2 N–H and O–H groups in total. The van der Waals surface area contributed by atoms with E-state index in [0.717, 1.165) is 12.8 Å². The number of hydrogen-bond acceptors (Lipinski definition) is 6. The average Bonchev–Trinajstić information content (AvgIpc) is 3.29. The second-order valence-electron chi connectivity index (χ2n) is 8.04. The van der Waals surface area contributed by atoms with Crippen molar-refractivity contribution in [3.05, 3.63) is 24.2 Å². The number of aromatic nitrogens is 6. The Kier molecular flexibility index (Phi) is 4.52. The van der Waals surface area contributed by atoms with Gasteiger partial charge in [0.15, 0.2) is 0 Å². The van der Waals surface area contributed by atoms with Crippen LogP contribution in [-0.2, 0) is 0 Å². The Morgan fingerprint density at radius 1 is 1.21 bits per heavy atom. The Morgan fingerprint density at radius 3 is 2.68 bits per heavy atom. The molecule has 0 radical (unpaired) electrons. The quantitative estimate of drug-likeness (QED) is 0.709. The predicted octanol–water partition coefficient (Wildman–Crippen LogP) is 3.05. The van der Waals surface area contributed by atoms with Gasteiger partial charge in [-0.3, -0.25) is 4.68 Å². The summed E-state index contributed by atoms with van der Waals surface area (Å²) in [5.41, 5.74) is 1.05. The highest BCUT2D eigenvalue weighted by Crippen LogP contribution is 2.42. The van der Waals surface area contributed by atoms with Crippen molar-refractivity contribution in [3.63, 3.8) is 0 Å². The molecule has 1 fully saturated rings. The highest BCUT2D eigenvalue weighted by atomic mass is 16.4. The van der Waals surface area contributed by atoms with Gasteiger partial charge in [-0.1, -0.05) is 27.2 Å². The van der Waals surface area contributed by atoms with Crippen LogP contribution in [0.1, 0.15) is 56.4 Å². The standard InChI is InChI=1S/C19H24N6O3/c1-10(2)13-5-4-11(3)6-15(13)25-16-14(8-21-25)22-19(23-17(16)26)24-9-12(7-20-24)18(27)28/h7-11,13,15H,4-6H2,1-3H3,(H,27,28)(H,22,23,26)/t11-,13+,15+/m0/s1. The Morgan fingerprint density at radius 2 is 2.00 bits per heavy atom. The molecule has 3 atom stereocenters. The summed E-state index contributed by atoms with van der Waals surface area (Å²) in [5, 5.41) is 28.2. The first-order valence-corrected chi connectivity index (χ1v) is 9.57. The van der Waals surface area contributed by atoms with E-state index in [9.17, 15) is 9.90 Å². The van der Waals surface area contributed by atoms with Crippen molar-refractivity contribution in [1.82, 2.24) is 29.5 Å². The molecule has 0 bridgehead atoms. The van der Waals surface area contributed by atoms with Crippen molar-refractivity contribution in [2.75, 3.05) is 0 Å². The van der Waals surface area contributed by atoms with Crippen LogP contribution in [0.15, 0.2) is 18.6 Å². The van der Waals surface area contributed by atoms with Gasteiger partial charge in [0.05, 0.1) is 24.0 Å². The Labute approximate surface area is 162 Å². The summed E-state index contributed by atoms with van der Waals surface area (Å²) in [7, 11) is 0. The number of carboxylic acid groups (broad SMARTS) is 1. The van der Waals surface area contributed by atoms with Gasteiger partial charge in [-0.2, -0.15) is 15.2 Å². The fourth-order valence-corrected chi connectivity index (χ4v) is 4.26. The van der Waals surface area contributed by atoms with Crippen molar-refractivity contribution in [1.29, 1.82) is 0 Å². The molecule has 1 saturated carbocycles. The Hall–Kier alpha value is -2.97. The van der Waals surface area contributed by atoms with Crippen LogP contribution in [0, 0.1) is 17.8 Å². The zero-order chi connectivity index (χ0) is 20.0. The molecule has 148 valence electrons. The number of carboxylic acids is 1. The van der Waals surface area contributed by atoms with Crippen LogP contribution in [0.4, 0.5) is 0 Å². The van der Waals surface area contributed by atoms with Crippen molar-refractivity contribution < 1.29 is 15.0 Å². The van der Waals surface area contributed by atoms with E-state index in [1.807, 2.05) is 4.68 Å². The molecule has 9 nitrogen and oxygen atoms in total. The maximum absolute atomic E-state index is 11.1. The van der Waals surface area contributed by atoms with Crippen LogP contribution in [-0.4, -0.2) is 45.7 Å². The molecular weight excluding hydrogens is 360 g/mol. The van der Waals surface area contributed by atoms with E-state index < -0.39 is 5.97 Å². The molecule has 28 heavy (non-hydrogen) atoms. The third-order valence-electron chi connectivity index (χ3n) is 5.75. The highest BCUT2D eigenvalue weighted by molar-refractivity contribution is 5.87. The second kappa shape index (κ2) is 6.88. The van der Waals surface area contributed by atoms with Gasteiger partial charge in [0, 0.05) is 6.20 Å². The van der Waals surface area contributed by atoms with E-state index in [4.69, 9.17) is 5.11 Å². The first-order valence-electron chi connectivity index (χ1n) is 9.57. The SMILES string of the molecule is CC(C)[C@H]1CC[C@H](C)C[C@H]1n1ncc2nc(-n3cc(C(=O)O)cn3)nc(O)c21. The lowest BCUT2D eigenvalue weighted by Crippen LogP contribution is -2.30. The van der Waals surface area contributed by atoms with Crippen molar-refractivity contribution in [2.45, 2.75) is 46.1 Å². The van der Waals surface area contributed by atoms with Crippen molar-refractivity contribution >= 4 is 17.0 Å². The van der Waals surface area contributed by atoms with Gasteiger partial charge in [-0.25, -0.2) is 14.5 Å². The third-order valence-corrected chi connectivity index (χ3v) is 5.75. The number of fused-ring (bicyclic) bond motifs is 1. The first-order chi connectivity index (χ1) is 13.3. The molecule has 4 rings (SSSR count). The maximum atomic E-state index is 11.1. The van der Waals surface area contributed by atoms with E-state index in [1.54, 1.807) is 6.20 Å². The van der Waals surface area contributed by atoms with E-state index in [1.165, 1.54) is 23.5 Å². The number of aromatic carboxylic acids is 1. The van der Waals surface area contributed by atoms with Gasteiger partial charge in [0.25, 0.3) is 5.95 Å². The molecule has 0 aliphatic heterocycles. The number of aromatic hydroxyl groups is 1. The van der Waals surface area contributed by atoms with Gasteiger partial charge in [-0.05, 0) is 30.6 Å². The van der Waals surface area contributed by atoms with E-state index >= 15 is 0 Å². The lowest BCUT2D eigenvalue weighted by molar-refractivity contribution is 0.0697. The smallest absolute Gasteiger partial charge is 0.338 e. The number of rotatable bonds is 4. The molecular formula is C19H24N6O3. The summed E-state index contributed by atoms with van der Waals surface area (Å²) in [5.74, 6) is 0.427. The molecule has 3 aromatic heterocycles. The number of carbonyl (C=O) groups is 1. The summed E-state index contributed by atoms with van der Waals surface area (Å²) in [6, 6.07) is 0.185. The summed E-state index contributed by atoms with van der Waals surface area (Å²) < 4.78 is 3.11. The monoisotopic (exact) mass is 384 g/mol. The van der Waals surface area contributed by atoms with E-state index in [0.29, 0.717) is 28.8 Å². The lowest BCUT2D eigenvalue weighted by Gasteiger charge is -2.37. The summed E-state index contributed by atoms with van der Waals surface area (Å²) >= 11 is 0. The molecule has 9 heteroatoms. The topological polar surface area (TPSA) is 119 Å². The molecule has 0 saturated heterocycles. The Bertz CT molecular complexity index is 1020. The highest BCUT2D eigenvalue weighted by Gasteiger charge is 2.34. The maximum Gasteiger partial charge on any atom is 0.338 e. The predicted molar refractivity (Wildman–Crippen MR) is 101 cm³/mol. The summed E-state index contributed by atoms with van der Waals surface area (Å²) in [6.07, 6.45) is 7.49. The van der Waals surface area contributed by atoms with Crippen LogP contribution < -0.4 is 0 Å². The molecule has 1 aliphatic rings. The molecule has 3 heterocycles. The number of nitrogens with zero attached hydrogens (tertiary/aromatic N) is 6. The van der Waals surface area contributed by atoms with Crippen molar-refractivity contribution in [3.8, 4) is 11.8 Å². The van der Waals surface area contributed by atoms with Crippen LogP contribution in [0.2, 0.25) is 0 Å². The third kappa shape index (κ3) is 3.10. The minimum absolute atomic E-state index is 0.0230. The normalized spacial score (nSPS) is 22.8. The van der Waals surface area contributed by atoms with Crippen LogP contribution in [0.3, 0.4) is 0 Å². The molecule has 1 aliphatic carbocycles. The average molecular weight is 384 g/mol. The van der Waals surface area contributed by atoms with E-state index in [2.05, 4.69) is 40.9 Å². The number of hydrogen-bond donors (Lipinski definition) is 2. The molecule has 3 aromatic rings. The van der Waals surface area contributed by atoms with Gasteiger partial charge >= 0.3 is 5.97 Å². The largest absolute Gasteiger partial charge is 0.492 e. The fraction of sp³-hybridized carbons (Fsp3) is 0.526. The first kappa shape index (κ1) is 18.4. The fourth-order valence-electron chi connectivity index (χ4n) is 4.26. The summed E-state index contributed by atoms with van der Waals surface area (Å²) in [4.78, 5) is 19.6. The molecule has 0 spiro atoms. The second-order valence-corrected chi connectivity index (χ2v) is 8.04. The molecule has 0 amide bonds. The molecule has 0 aromatic carbocycles. The lowest BCUT2D eigenvalue weighted by atomic mass is 9.74. The zero-order valence-corrected chi connectivity index (χ0v) is 16.1. The zero-order valence-electron chi connectivity index (χ0n) is 16.1. The van der Waals surface area contributed by atoms with Crippen LogP contribution in [0.5, 0.6) is 5.88 Å². The van der Waals surface area contributed by atoms with Crippen molar-refractivity contribution in [2.24, 2.45) is 17.8 Å². The van der Waals surface area contributed by atoms with Crippen LogP contribution >= 0.6 is 0 Å². The minimum Gasteiger partial charge on any atom is -0.492 e. The van der Waals surface area contributed by atoms with Crippen LogP contribution in [0.25, 0.3) is 17.0 Å².